The van der Waals surface area contributed by atoms with E-state index in [0.29, 0.717) is 5.75 Å². The van der Waals surface area contributed by atoms with E-state index < -0.39 is 12.1 Å². The fourth-order valence-corrected chi connectivity index (χ4v) is 1.52. The zero-order valence-electron chi connectivity index (χ0n) is 11.5. The number of rotatable bonds is 6. The summed E-state index contributed by atoms with van der Waals surface area (Å²) in [6.07, 6.45) is -0.810. The van der Waals surface area contributed by atoms with Gasteiger partial charge in [0, 0.05) is 0 Å². The number of nitrogens with one attached hydrogen (secondary N) is 1. The Morgan fingerprint density at radius 2 is 2.05 bits per heavy atom. The zero-order valence-corrected chi connectivity index (χ0v) is 11.5. The molecular formula is C14H21NO4. The van der Waals surface area contributed by atoms with Gasteiger partial charge in [0.2, 0.25) is 0 Å². The van der Waals surface area contributed by atoms with E-state index in [1.165, 1.54) is 6.92 Å². The van der Waals surface area contributed by atoms with Crippen LogP contribution in [0.5, 0.6) is 5.75 Å². The van der Waals surface area contributed by atoms with Gasteiger partial charge in [-0.2, -0.15) is 0 Å². The molecule has 1 rings (SSSR count). The van der Waals surface area contributed by atoms with Crippen molar-refractivity contribution in [1.29, 1.82) is 0 Å². The summed E-state index contributed by atoms with van der Waals surface area (Å²) in [4.78, 5) is 11.6. The van der Waals surface area contributed by atoms with Gasteiger partial charge >= 0.3 is 0 Å². The van der Waals surface area contributed by atoms with E-state index in [1.807, 2.05) is 26.0 Å². The molecule has 5 heteroatoms. The van der Waals surface area contributed by atoms with Crippen LogP contribution in [0.1, 0.15) is 18.1 Å². The van der Waals surface area contributed by atoms with Gasteiger partial charge in [0.25, 0.3) is 5.91 Å². The van der Waals surface area contributed by atoms with Gasteiger partial charge in [-0.1, -0.05) is 6.07 Å². The largest absolute Gasteiger partial charge is 0.484 e. The van der Waals surface area contributed by atoms with Gasteiger partial charge in [0.15, 0.2) is 6.61 Å². The topological polar surface area (TPSA) is 78.8 Å². The molecule has 0 unspecified atom stereocenters. The van der Waals surface area contributed by atoms with Crippen molar-refractivity contribution in [3.63, 3.8) is 0 Å². The molecule has 1 aromatic carbocycles. The highest BCUT2D eigenvalue weighted by Gasteiger charge is 2.16. The van der Waals surface area contributed by atoms with E-state index in [0.717, 1.165) is 11.1 Å². The van der Waals surface area contributed by atoms with Crippen molar-refractivity contribution in [2.24, 2.45) is 0 Å². The van der Waals surface area contributed by atoms with Crippen LogP contribution in [-0.2, 0) is 4.79 Å². The summed E-state index contributed by atoms with van der Waals surface area (Å²) < 4.78 is 5.35. The minimum Gasteiger partial charge on any atom is -0.484 e. The standard InChI is InChI=1S/C14H21NO4/c1-9-4-5-12(6-10(9)2)19-8-14(18)15-13(7-16)11(3)17/h4-6,11,13,16-17H,7-8H2,1-3H3,(H,15,18)/t11-,13-/m1/s1. The van der Waals surface area contributed by atoms with Crippen LogP contribution in [-0.4, -0.2) is 41.5 Å². The van der Waals surface area contributed by atoms with E-state index in [1.54, 1.807) is 6.07 Å². The molecule has 0 aliphatic rings. The molecule has 0 spiro atoms. The third kappa shape index (κ3) is 4.89. The Balaban J connectivity index is 2.47. The lowest BCUT2D eigenvalue weighted by Crippen LogP contribution is -2.46. The average Bonchev–Trinajstić information content (AvgIpc) is 2.37. The van der Waals surface area contributed by atoms with Gasteiger partial charge in [0.1, 0.15) is 5.75 Å². The van der Waals surface area contributed by atoms with Crippen molar-refractivity contribution in [3.8, 4) is 5.75 Å². The van der Waals surface area contributed by atoms with E-state index in [9.17, 15) is 9.90 Å². The maximum atomic E-state index is 11.6. The maximum absolute atomic E-state index is 11.6. The highest BCUT2D eigenvalue weighted by Crippen LogP contribution is 2.16. The number of aliphatic hydroxyl groups excluding tert-OH is 2. The lowest BCUT2D eigenvalue weighted by Gasteiger charge is -2.19. The molecule has 106 valence electrons. The Morgan fingerprint density at radius 1 is 1.37 bits per heavy atom. The van der Waals surface area contributed by atoms with Crippen LogP contribution in [0.15, 0.2) is 18.2 Å². The third-order valence-corrected chi connectivity index (χ3v) is 2.97. The molecular weight excluding hydrogens is 246 g/mol. The normalized spacial score (nSPS) is 13.7. The number of aryl methyl sites for hydroxylation is 2. The number of carbonyl (C=O) groups is 1. The first kappa shape index (κ1) is 15.5. The predicted molar refractivity (Wildman–Crippen MR) is 72.1 cm³/mol. The van der Waals surface area contributed by atoms with Gasteiger partial charge in [-0.05, 0) is 44.0 Å². The van der Waals surface area contributed by atoms with Gasteiger partial charge in [-0.15, -0.1) is 0 Å². The van der Waals surface area contributed by atoms with Crippen molar-refractivity contribution >= 4 is 5.91 Å². The average molecular weight is 267 g/mol. The highest BCUT2D eigenvalue weighted by atomic mass is 16.5. The molecule has 1 aromatic rings. The minimum atomic E-state index is -0.810. The molecule has 0 aliphatic carbocycles. The second kappa shape index (κ2) is 7.11. The monoisotopic (exact) mass is 267 g/mol. The number of benzene rings is 1. The summed E-state index contributed by atoms with van der Waals surface area (Å²) in [5, 5.41) is 20.8. The molecule has 0 aliphatic heterocycles. The zero-order chi connectivity index (χ0) is 14.4. The first-order valence-electron chi connectivity index (χ1n) is 6.22. The summed E-state index contributed by atoms with van der Waals surface area (Å²) in [7, 11) is 0. The van der Waals surface area contributed by atoms with E-state index in [-0.39, 0.29) is 19.1 Å². The van der Waals surface area contributed by atoms with Gasteiger partial charge in [-0.25, -0.2) is 0 Å². The molecule has 0 bridgehead atoms. The molecule has 5 nitrogen and oxygen atoms in total. The molecule has 0 heterocycles. The van der Waals surface area contributed by atoms with Crippen LogP contribution < -0.4 is 10.1 Å². The first-order valence-corrected chi connectivity index (χ1v) is 6.22. The lowest BCUT2D eigenvalue weighted by molar-refractivity contribution is -0.125. The van der Waals surface area contributed by atoms with Gasteiger partial charge in [-0.3, -0.25) is 4.79 Å². The highest BCUT2D eigenvalue weighted by molar-refractivity contribution is 5.77. The molecule has 19 heavy (non-hydrogen) atoms. The molecule has 0 aromatic heterocycles. The molecule has 1 amide bonds. The summed E-state index contributed by atoms with van der Waals surface area (Å²) in [5.74, 6) is 0.244. The van der Waals surface area contributed by atoms with Crippen molar-refractivity contribution in [2.75, 3.05) is 13.2 Å². The van der Waals surface area contributed by atoms with Crippen molar-refractivity contribution in [2.45, 2.75) is 32.9 Å². The van der Waals surface area contributed by atoms with Gasteiger partial charge < -0.3 is 20.3 Å². The number of amides is 1. The van der Waals surface area contributed by atoms with Crippen LogP contribution in [0.4, 0.5) is 0 Å². The third-order valence-electron chi connectivity index (χ3n) is 2.97. The smallest absolute Gasteiger partial charge is 0.258 e. The second-order valence-electron chi connectivity index (χ2n) is 4.63. The second-order valence-corrected chi connectivity index (χ2v) is 4.63. The number of aliphatic hydroxyl groups is 2. The Morgan fingerprint density at radius 3 is 2.58 bits per heavy atom. The van der Waals surface area contributed by atoms with E-state index in [2.05, 4.69) is 5.32 Å². The molecule has 2 atom stereocenters. The minimum absolute atomic E-state index is 0.147. The van der Waals surface area contributed by atoms with Gasteiger partial charge in [0.05, 0.1) is 18.8 Å². The molecule has 3 N–H and O–H groups in total. The SMILES string of the molecule is Cc1ccc(OCC(=O)N[C@H](CO)[C@@H](C)O)cc1C. The Kier molecular flexibility index (Phi) is 5.79. The quantitative estimate of drug-likeness (QED) is 0.703. The number of carbonyl (C=O) groups excluding carboxylic acids is 1. The summed E-state index contributed by atoms with van der Waals surface area (Å²) >= 11 is 0. The summed E-state index contributed by atoms with van der Waals surface area (Å²) in [6, 6.07) is 4.92. The summed E-state index contributed by atoms with van der Waals surface area (Å²) in [6.45, 7) is 5.02. The maximum Gasteiger partial charge on any atom is 0.258 e. The predicted octanol–water partition coefficient (Wildman–Crippen LogP) is 0.540. The van der Waals surface area contributed by atoms with Crippen LogP contribution in [0, 0.1) is 13.8 Å². The van der Waals surface area contributed by atoms with Crippen LogP contribution in [0.3, 0.4) is 0 Å². The van der Waals surface area contributed by atoms with Crippen LogP contribution >= 0.6 is 0 Å². The van der Waals surface area contributed by atoms with Crippen molar-refractivity contribution in [1.82, 2.24) is 5.32 Å². The van der Waals surface area contributed by atoms with Crippen molar-refractivity contribution < 1.29 is 19.7 Å². The number of hydrogen-bond donors (Lipinski definition) is 3. The molecule has 0 saturated carbocycles. The fourth-order valence-electron chi connectivity index (χ4n) is 1.52. The fraction of sp³-hybridized carbons (Fsp3) is 0.500. The molecule has 0 fully saturated rings. The first-order chi connectivity index (χ1) is 8.93. The van der Waals surface area contributed by atoms with Crippen LogP contribution in [0.25, 0.3) is 0 Å². The molecule has 0 saturated heterocycles. The number of hydrogen-bond acceptors (Lipinski definition) is 4. The Labute approximate surface area is 113 Å². The van der Waals surface area contributed by atoms with Crippen molar-refractivity contribution in [3.05, 3.63) is 29.3 Å². The summed E-state index contributed by atoms with van der Waals surface area (Å²) in [5.41, 5.74) is 2.25. The lowest BCUT2D eigenvalue weighted by atomic mass is 10.1. The Hall–Kier alpha value is -1.59. The Bertz CT molecular complexity index is 431. The molecule has 0 radical (unpaired) electrons. The van der Waals surface area contributed by atoms with E-state index >= 15 is 0 Å². The van der Waals surface area contributed by atoms with Crippen LogP contribution in [0.2, 0.25) is 0 Å². The number of ether oxygens (including phenoxy) is 1. The van der Waals surface area contributed by atoms with E-state index in [4.69, 9.17) is 9.84 Å².